The summed E-state index contributed by atoms with van der Waals surface area (Å²) in [4.78, 5) is 12.9. The molecular formula is C30H25BBrN3. The number of rotatable bonds is 5. The normalized spacial score (nSPS) is 19.9. The number of amidine groups is 1. The van der Waals surface area contributed by atoms with Gasteiger partial charge in [-0.3, -0.25) is 4.99 Å². The SMILES string of the molecule is Bc1ccc(/N=C(\C)C2(c3cc#ccc3)N=C(c3ccccc3)N(c3ccc(Br)cc3)C2C)cc1. The number of halogens is 1. The van der Waals surface area contributed by atoms with Gasteiger partial charge in [-0.2, -0.15) is 0 Å². The number of nitrogens with zero attached hydrogens (tertiary/aromatic N) is 3. The Morgan fingerprint density at radius 1 is 0.971 bits per heavy atom. The molecule has 0 amide bonds. The number of hydrogen-bond acceptors (Lipinski definition) is 3. The fourth-order valence-electron chi connectivity index (χ4n) is 4.80. The standard InChI is InChI=1S/C30H25BBrN3/c1-21(33-27-17-13-25(31)14-18-27)30(24-11-7-4-8-12-24)22(2)35(28-19-15-26(32)16-20-28)29(34-30)23-9-5-3-6-10-23/h3,5-7,9-20,22H,31H2,1-2H3/b33-21+. The summed E-state index contributed by atoms with van der Waals surface area (Å²) in [6, 6.07) is 39.2. The molecule has 4 aromatic carbocycles. The summed E-state index contributed by atoms with van der Waals surface area (Å²) in [6.07, 6.45) is 0. The second-order valence-electron chi connectivity index (χ2n) is 8.84. The van der Waals surface area contributed by atoms with Gasteiger partial charge >= 0.3 is 0 Å². The van der Waals surface area contributed by atoms with Crippen LogP contribution in [0.5, 0.6) is 0 Å². The van der Waals surface area contributed by atoms with Crippen molar-refractivity contribution >= 4 is 52.2 Å². The molecule has 5 heteroatoms. The van der Waals surface area contributed by atoms with Crippen molar-refractivity contribution in [2.75, 3.05) is 4.90 Å². The van der Waals surface area contributed by atoms with Crippen molar-refractivity contribution in [2.45, 2.75) is 25.4 Å². The second kappa shape index (κ2) is 9.56. The van der Waals surface area contributed by atoms with Crippen molar-refractivity contribution < 1.29 is 0 Å². The van der Waals surface area contributed by atoms with Crippen LogP contribution in [0, 0.1) is 12.1 Å². The predicted molar refractivity (Wildman–Crippen MR) is 152 cm³/mol. The van der Waals surface area contributed by atoms with Crippen LogP contribution in [0.1, 0.15) is 25.0 Å². The fourth-order valence-corrected chi connectivity index (χ4v) is 5.07. The van der Waals surface area contributed by atoms with Crippen molar-refractivity contribution in [3.05, 3.63) is 125 Å². The monoisotopic (exact) mass is 517 g/mol. The number of anilines is 1. The minimum absolute atomic E-state index is 0.0381. The third-order valence-electron chi connectivity index (χ3n) is 6.62. The van der Waals surface area contributed by atoms with Gasteiger partial charge in [-0.25, -0.2) is 4.99 Å². The molecule has 0 saturated carbocycles. The van der Waals surface area contributed by atoms with Crippen LogP contribution in [0.2, 0.25) is 0 Å². The Kier molecular flexibility index (Phi) is 6.32. The van der Waals surface area contributed by atoms with Gasteiger partial charge in [-0.05, 0) is 74.0 Å². The van der Waals surface area contributed by atoms with Crippen LogP contribution in [0.4, 0.5) is 11.4 Å². The Morgan fingerprint density at radius 2 is 1.69 bits per heavy atom. The third kappa shape index (κ3) is 4.31. The van der Waals surface area contributed by atoms with E-state index in [-0.39, 0.29) is 6.04 Å². The van der Waals surface area contributed by atoms with E-state index >= 15 is 0 Å². The Morgan fingerprint density at radius 3 is 2.34 bits per heavy atom. The smallest absolute Gasteiger partial charge is 0.147 e. The zero-order valence-corrected chi connectivity index (χ0v) is 21.6. The first kappa shape index (κ1) is 23.1. The van der Waals surface area contributed by atoms with Crippen molar-refractivity contribution in [1.29, 1.82) is 0 Å². The lowest BCUT2D eigenvalue weighted by Gasteiger charge is -2.36. The Labute approximate surface area is 216 Å². The quantitative estimate of drug-likeness (QED) is 0.248. The lowest BCUT2D eigenvalue weighted by atomic mass is 9.80. The average molecular weight is 518 g/mol. The molecule has 0 aliphatic carbocycles. The summed E-state index contributed by atoms with van der Waals surface area (Å²) in [5, 5.41) is 0. The molecule has 0 aromatic heterocycles. The van der Waals surface area contributed by atoms with Gasteiger partial charge in [0.05, 0.1) is 11.7 Å². The van der Waals surface area contributed by atoms with Crippen molar-refractivity contribution in [1.82, 2.24) is 0 Å². The first-order valence-corrected chi connectivity index (χ1v) is 12.5. The van der Waals surface area contributed by atoms with E-state index in [1.807, 2.05) is 18.2 Å². The van der Waals surface area contributed by atoms with Crippen LogP contribution >= 0.6 is 15.9 Å². The average Bonchev–Trinajstić information content (AvgIpc) is 3.21. The Balaban J connectivity index is 1.75. The van der Waals surface area contributed by atoms with Gasteiger partial charge in [0, 0.05) is 21.4 Å². The molecule has 1 aliphatic rings. The van der Waals surface area contributed by atoms with Gasteiger partial charge in [-0.15, -0.1) is 0 Å². The molecular weight excluding hydrogens is 493 g/mol. The van der Waals surface area contributed by atoms with E-state index in [1.54, 1.807) is 0 Å². The molecule has 0 radical (unpaired) electrons. The second-order valence-corrected chi connectivity index (χ2v) is 9.76. The molecule has 0 saturated heterocycles. The van der Waals surface area contributed by atoms with Crippen LogP contribution in [0.3, 0.4) is 0 Å². The molecule has 3 nitrogen and oxygen atoms in total. The van der Waals surface area contributed by atoms with Gasteiger partial charge in [0.1, 0.15) is 19.2 Å². The maximum absolute atomic E-state index is 5.50. The third-order valence-corrected chi connectivity index (χ3v) is 7.15. The van der Waals surface area contributed by atoms with Gasteiger partial charge in [0.15, 0.2) is 0 Å². The van der Waals surface area contributed by atoms with Crippen LogP contribution in [-0.2, 0) is 5.54 Å². The Hall–Kier alpha value is -3.62. The van der Waals surface area contributed by atoms with E-state index in [4.69, 9.17) is 9.98 Å². The highest BCUT2D eigenvalue weighted by Crippen LogP contribution is 2.43. The Bertz CT molecular complexity index is 1370. The molecule has 2 unspecified atom stereocenters. The molecule has 4 aromatic rings. The van der Waals surface area contributed by atoms with E-state index < -0.39 is 5.54 Å². The van der Waals surface area contributed by atoms with Crippen LogP contribution in [0.15, 0.2) is 112 Å². The molecule has 1 aliphatic heterocycles. The lowest BCUT2D eigenvalue weighted by Crippen LogP contribution is -2.47. The van der Waals surface area contributed by atoms with Crippen molar-refractivity contribution in [2.24, 2.45) is 9.98 Å². The highest BCUT2D eigenvalue weighted by molar-refractivity contribution is 9.10. The zero-order chi connectivity index (χ0) is 24.4. The maximum atomic E-state index is 5.50. The molecule has 0 spiro atoms. The largest absolute Gasteiger partial charge is 0.320 e. The maximum Gasteiger partial charge on any atom is 0.147 e. The first-order chi connectivity index (χ1) is 17.0. The van der Waals surface area contributed by atoms with E-state index in [0.717, 1.165) is 38.5 Å². The molecule has 170 valence electrons. The molecule has 5 rings (SSSR count). The number of aliphatic imine (C=N–C) groups is 2. The van der Waals surface area contributed by atoms with Gasteiger partial charge < -0.3 is 4.90 Å². The van der Waals surface area contributed by atoms with Crippen molar-refractivity contribution in [3.63, 3.8) is 0 Å². The van der Waals surface area contributed by atoms with E-state index in [0.29, 0.717) is 0 Å². The molecule has 0 bridgehead atoms. The fraction of sp³-hybridized carbons (Fsp3) is 0.133. The van der Waals surface area contributed by atoms with E-state index in [2.05, 4.69) is 134 Å². The van der Waals surface area contributed by atoms with E-state index in [9.17, 15) is 0 Å². The van der Waals surface area contributed by atoms with Crippen LogP contribution in [-0.4, -0.2) is 25.4 Å². The van der Waals surface area contributed by atoms with Gasteiger partial charge in [0.25, 0.3) is 0 Å². The summed E-state index contributed by atoms with van der Waals surface area (Å²) in [5.41, 5.74) is 5.56. The zero-order valence-electron chi connectivity index (χ0n) is 20.0. The van der Waals surface area contributed by atoms with E-state index in [1.165, 1.54) is 5.46 Å². The number of benzene rings is 3. The molecule has 2 atom stereocenters. The van der Waals surface area contributed by atoms with Crippen LogP contribution < -0.4 is 10.4 Å². The topological polar surface area (TPSA) is 28.0 Å². The summed E-state index contributed by atoms with van der Waals surface area (Å²) in [6.45, 7) is 4.32. The predicted octanol–water partition coefficient (Wildman–Crippen LogP) is 5.65. The first-order valence-electron chi connectivity index (χ1n) is 11.7. The van der Waals surface area contributed by atoms with Crippen LogP contribution in [0.25, 0.3) is 0 Å². The number of hydrogen-bond donors (Lipinski definition) is 0. The molecule has 1 heterocycles. The molecule has 35 heavy (non-hydrogen) atoms. The van der Waals surface area contributed by atoms with Crippen molar-refractivity contribution in [3.8, 4) is 0 Å². The summed E-state index contributed by atoms with van der Waals surface area (Å²) >= 11 is 3.58. The summed E-state index contributed by atoms with van der Waals surface area (Å²) in [5.74, 6) is 0.923. The molecule has 0 fully saturated rings. The highest BCUT2D eigenvalue weighted by Gasteiger charge is 2.50. The summed E-state index contributed by atoms with van der Waals surface area (Å²) in [7, 11) is 2.09. The van der Waals surface area contributed by atoms with Gasteiger partial charge in [0.2, 0.25) is 0 Å². The highest BCUT2D eigenvalue weighted by atomic mass is 79.9. The molecule has 0 N–H and O–H groups in total. The lowest BCUT2D eigenvalue weighted by molar-refractivity contribution is 0.528. The summed E-state index contributed by atoms with van der Waals surface area (Å²) < 4.78 is 1.04. The minimum Gasteiger partial charge on any atom is -0.320 e. The minimum atomic E-state index is -0.700. The van der Waals surface area contributed by atoms with Gasteiger partial charge in [-0.1, -0.05) is 76.0 Å².